The van der Waals surface area contributed by atoms with Crippen LogP contribution in [-0.2, 0) is 13.9 Å². The molecule has 0 saturated carbocycles. The molecule has 90 valence electrons. The third-order valence-corrected chi connectivity index (χ3v) is 1.93. The molecule has 0 aromatic heterocycles. The Morgan fingerprint density at radius 1 is 1.33 bits per heavy atom. The molecule has 0 unspecified atom stereocenters. The first-order valence-electron chi connectivity index (χ1n) is 3.95. The summed E-state index contributed by atoms with van der Waals surface area (Å²) < 4.78 is 13.8. The van der Waals surface area contributed by atoms with E-state index in [0.717, 1.165) is 0 Å². The average molecular weight is 244 g/mol. The van der Waals surface area contributed by atoms with E-state index in [9.17, 15) is 9.36 Å². The van der Waals surface area contributed by atoms with Crippen LogP contribution >= 0.6 is 7.82 Å². The second kappa shape index (κ2) is 5.55. The lowest BCUT2D eigenvalue weighted by molar-refractivity contribution is -0.141. The van der Waals surface area contributed by atoms with Crippen LogP contribution in [0.1, 0.15) is 13.3 Å². The van der Waals surface area contributed by atoms with Gasteiger partial charge in [-0.1, -0.05) is 0 Å². The van der Waals surface area contributed by atoms with E-state index in [1.165, 1.54) is 6.92 Å². The minimum Gasteiger partial charge on any atom is -0.391 e. The van der Waals surface area contributed by atoms with Gasteiger partial charge in [-0.3, -0.25) is 14.6 Å². The Kier molecular flexibility index (Phi) is 5.36. The van der Waals surface area contributed by atoms with Crippen LogP contribution in [0.2, 0.25) is 0 Å². The fraction of sp³-hybridized carbons (Fsp3) is 0.833. The Bertz CT molecular complexity index is 258. The zero-order valence-corrected chi connectivity index (χ0v) is 8.74. The topological polar surface area (TPSA) is 145 Å². The minimum absolute atomic E-state index is 0.822. The van der Waals surface area contributed by atoms with Gasteiger partial charge in [-0.05, 0) is 6.92 Å². The molecular weight excluding hydrogens is 231 g/mol. The molecule has 15 heavy (non-hydrogen) atoms. The minimum atomic E-state index is -4.94. The molecule has 0 spiro atoms. The van der Waals surface area contributed by atoms with E-state index < -0.39 is 38.5 Å². The number of phosphoric acid groups is 1. The second-order valence-corrected chi connectivity index (χ2v) is 4.12. The number of aliphatic hydroxyl groups excluding tert-OH is 3. The third kappa shape index (κ3) is 6.56. The van der Waals surface area contributed by atoms with E-state index in [1.54, 1.807) is 0 Å². The van der Waals surface area contributed by atoms with Crippen molar-refractivity contribution in [3.63, 3.8) is 0 Å². The predicted molar refractivity (Wildman–Crippen MR) is 46.4 cm³/mol. The maximum atomic E-state index is 10.7. The van der Waals surface area contributed by atoms with E-state index in [-0.39, 0.29) is 0 Å². The molecule has 0 fully saturated rings. The average Bonchev–Trinajstić information content (AvgIpc) is 1.98. The lowest BCUT2D eigenvalue weighted by atomic mass is 10.1. The van der Waals surface area contributed by atoms with Gasteiger partial charge in [0.1, 0.15) is 6.10 Å². The molecule has 0 radical (unpaired) electrons. The van der Waals surface area contributed by atoms with Crippen LogP contribution in [0.3, 0.4) is 0 Å². The molecule has 0 rings (SSSR count). The van der Waals surface area contributed by atoms with Gasteiger partial charge in [-0.2, -0.15) is 0 Å². The maximum Gasteiger partial charge on any atom is 0.526 e. The van der Waals surface area contributed by atoms with E-state index >= 15 is 0 Å². The number of carbonyl (C=O) groups excluding carboxylic acids is 1. The van der Waals surface area contributed by atoms with Crippen LogP contribution in [-0.4, -0.2) is 49.4 Å². The summed E-state index contributed by atoms with van der Waals surface area (Å²) in [6, 6.07) is 0. The fourth-order valence-corrected chi connectivity index (χ4v) is 1.12. The smallest absolute Gasteiger partial charge is 0.391 e. The number of carbonyl (C=O) groups is 1. The standard InChI is InChI=1S/C6H13O8P/c1-3(7)6(10)4(8)2-5(9)14-15(11,12)13/h3-4,6-8,10H,2H2,1H3,(H2,11,12,13)/t3-,4-,6-/m1/s1. The van der Waals surface area contributed by atoms with Crippen molar-refractivity contribution < 1.29 is 39.0 Å². The first-order chi connectivity index (χ1) is 6.63. The third-order valence-electron chi connectivity index (χ3n) is 1.49. The van der Waals surface area contributed by atoms with Crippen molar-refractivity contribution in [3.8, 4) is 0 Å². The molecule has 9 heteroatoms. The Balaban J connectivity index is 4.13. The zero-order chi connectivity index (χ0) is 12.2. The number of hydrogen-bond donors (Lipinski definition) is 5. The summed E-state index contributed by atoms with van der Waals surface area (Å²) in [7, 11) is -4.94. The normalized spacial score (nSPS) is 18.0. The molecule has 5 N–H and O–H groups in total. The van der Waals surface area contributed by atoms with Gasteiger partial charge in [0.25, 0.3) is 0 Å². The second-order valence-electron chi connectivity index (χ2n) is 2.96. The lowest BCUT2D eigenvalue weighted by Crippen LogP contribution is -2.37. The van der Waals surface area contributed by atoms with E-state index in [2.05, 4.69) is 4.52 Å². The van der Waals surface area contributed by atoms with Gasteiger partial charge < -0.3 is 19.8 Å². The summed E-state index contributed by atoms with van der Waals surface area (Å²) in [6.07, 6.45) is -5.33. The van der Waals surface area contributed by atoms with Gasteiger partial charge in [-0.25, -0.2) is 4.57 Å². The van der Waals surface area contributed by atoms with Crippen molar-refractivity contribution in [2.24, 2.45) is 0 Å². The fourth-order valence-electron chi connectivity index (χ4n) is 0.783. The van der Waals surface area contributed by atoms with Crippen LogP contribution in [0.15, 0.2) is 0 Å². The summed E-state index contributed by atoms with van der Waals surface area (Å²) in [5, 5.41) is 27.0. The first kappa shape index (κ1) is 14.5. The highest BCUT2D eigenvalue weighted by atomic mass is 31.2. The van der Waals surface area contributed by atoms with Crippen molar-refractivity contribution >= 4 is 13.8 Å². The zero-order valence-electron chi connectivity index (χ0n) is 7.85. The van der Waals surface area contributed by atoms with Crippen LogP contribution in [0.25, 0.3) is 0 Å². The molecule has 0 bridgehead atoms. The Hall–Kier alpha value is -0.500. The highest BCUT2D eigenvalue weighted by Crippen LogP contribution is 2.36. The Morgan fingerprint density at radius 2 is 1.80 bits per heavy atom. The highest BCUT2D eigenvalue weighted by Gasteiger charge is 2.27. The van der Waals surface area contributed by atoms with Crippen molar-refractivity contribution in [1.82, 2.24) is 0 Å². The van der Waals surface area contributed by atoms with E-state index in [0.29, 0.717) is 0 Å². The molecule has 0 aliphatic heterocycles. The van der Waals surface area contributed by atoms with Gasteiger partial charge in [0.15, 0.2) is 0 Å². The monoisotopic (exact) mass is 244 g/mol. The van der Waals surface area contributed by atoms with E-state index in [1.807, 2.05) is 0 Å². The van der Waals surface area contributed by atoms with Crippen LogP contribution in [0.5, 0.6) is 0 Å². The molecule has 0 heterocycles. The van der Waals surface area contributed by atoms with Crippen molar-refractivity contribution in [2.75, 3.05) is 0 Å². The highest BCUT2D eigenvalue weighted by molar-refractivity contribution is 7.46. The van der Waals surface area contributed by atoms with Gasteiger partial charge in [-0.15, -0.1) is 0 Å². The molecule has 3 atom stereocenters. The molecule has 0 saturated heterocycles. The quantitative estimate of drug-likeness (QED) is 0.353. The van der Waals surface area contributed by atoms with Gasteiger partial charge in [0, 0.05) is 0 Å². The maximum absolute atomic E-state index is 10.7. The van der Waals surface area contributed by atoms with Crippen molar-refractivity contribution in [2.45, 2.75) is 31.7 Å². The SMILES string of the molecule is C[C@@H](O)[C@@H](O)[C@H](O)CC(=O)OP(=O)(O)O. The number of phosphoric ester groups is 1. The van der Waals surface area contributed by atoms with Crippen molar-refractivity contribution in [1.29, 1.82) is 0 Å². The predicted octanol–water partition coefficient (Wildman–Crippen LogP) is -1.89. The molecule has 0 aliphatic rings. The van der Waals surface area contributed by atoms with Crippen LogP contribution in [0.4, 0.5) is 0 Å². The lowest BCUT2D eigenvalue weighted by Gasteiger charge is -2.19. The van der Waals surface area contributed by atoms with Gasteiger partial charge in [0.05, 0.1) is 18.6 Å². The number of hydrogen-bond acceptors (Lipinski definition) is 6. The van der Waals surface area contributed by atoms with Gasteiger partial charge in [0.2, 0.25) is 0 Å². The molecule has 0 aliphatic carbocycles. The molecule has 0 aromatic rings. The summed E-state index contributed by atoms with van der Waals surface area (Å²) in [6.45, 7) is 1.18. The Labute approximate surface area is 85.4 Å². The van der Waals surface area contributed by atoms with E-state index in [4.69, 9.17) is 25.1 Å². The number of rotatable bonds is 5. The summed E-state index contributed by atoms with van der Waals surface area (Å²) in [5.41, 5.74) is 0. The molecule has 0 aromatic carbocycles. The summed E-state index contributed by atoms with van der Waals surface area (Å²) in [4.78, 5) is 27.2. The molecule has 0 amide bonds. The molecule has 8 nitrogen and oxygen atoms in total. The summed E-state index contributed by atoms with van der Waals surface area (Å²) >= 11 is 0. The number of aliphatic hydroxyl groups is 3. The van der Waals surface area contributed by atoms with Crippen LogP contribution in [0, 0.1) is 0 Å². The summed E-state index contributed by atoms with van der Waals surface area (Å²) in [5.74, 6) is -1.37. The van der Waals surface area contributed by atoms with Crippen LogP contribution < -0.4 is 0 Å². The Morgan fingerprint density at radius 3 is 2.13 bits per heavy atom. The molecular formula is C6H13O8P. The first-order valence-corrected chi connectivity index (χ1v) is 5.48. The largest absolute Gasteiger partial charge is 0.526 e. The van der Waals surface area contributed by atoms with Gasteiger partial charge >= 0.3 is 13.8 Å². The van der Waals surface area contributed by atoms with Crippen molar-refractivity contribution in [3.05, 3.63) is 0 Å².